The summed E-state index contributed by atoms with van der Waals surface area (Å²) in [4.78, 5) is 27.3. The maximum atomic E-state index is 13.6. The van der Waals surface area contributed by atoms with Crippen LogP contribution in [0.3, 0.4) is 0 Å². The second kappa shape index (κ2) is 9.07. The van der Waals surface area contributed by atoms with Gasteiger partial charge in [-0.2, -0.15) is 10.1 Å². The lowest BCUT2D eigenvalue weighted by Crippen LogP contribution is -2.41. The summed E-state index contributed by atoms with van der Waals surface area (Å²) in [7, 11) is 0. The lowest BCUT2D eigenvalue weighted by molar-refractivity contribution is -0.139. The Morgan fingerprint density at radius 3 is 1.71 bits per heavy atom. The van der Waals surface area contributed by atoms with E-state index in [0.29, 0.717) is 6.61 Å². The van der Waals surface area contributed by atoms with Crippen molar-refractivity contribution in [1.29, 1.82) is 0 Å². The molecule has 1 aliphatic heterocycles. The molecule has 0 saturated carbocycles. The van der Waals surface area contributed by atoms with Crippen LogP contribution < -0.4 is 4.74 Å². The number of carbonyl (C=O) groups excluding carboxylic acids is 2. The van der Waals surface area contributed by atoms with Crippen LogP contribution in [0.15, 0.2) is 107 Å². The van der Waals surface area contributed by atoms with Gasteiger partial charge in [0.25, 0.3) is 11.8 Å². The fourth-order valence-electron chi connectivity index (χ4n) is 6.30. The molecule has 2 atom stereocenters. The molecule has 0 aromatic heterocycles. The lowest BCUT2D eigenvalue weighted by Gasteiger charge is -2.45. The first-order valence-corrected chi connectivity index (χ1v) is 13.5. The number of amides is 2. The Labute approximate surface area is 228 Å². The van der Waals surface area contributed by atoms with Crippen LogP contribution in [0.2, 0.25) is 0 Å². The van der Waals surface area contributed by atoms with Crippen LogP contribution in [0.5, 0.6) is 5.75 Å². The molecule has 3 aliphatic carbocycles. The van der Waals surface area contributed by atoms with Gasteiger partial charge in [0.15, 0.2) is 0 Å². The minimum Gasteiger partial charge on any atom is -0.489 e. The number of carbonyl (C=O) groups is 2. The van der Waals surface area contributed by atoms with E-state index in [-0.39, 0.29) is 23.7 Å². The maximum Gasteiger partial charge on any atom is 0.254 e. The highest BCUT2D eigenvalue weighted by molar-refractivity contribution is 9.10. The second-order valence-corrected chi connectivity index (χ2v) is 10.9. The molecule has 1 saturated heterocycles. The average molecular weight is 563 g/mol. The Morgan fingerprint density at radius 2 is 1.21 bits per heavy atom. The summed E-state index contributed by atoms with van der Waals surface area (Å²) >= 11 is 3.44. The fraction of sp³-hybridized carbons (Fsp3) is 0.156. The lowest BCUT2D eigenvalue weighted by atomic mass is 9.55. The Kier molecular flexibility index (Phi) is 5.51. The van der Waals surface area contributed by atoms with Gasteiger partial charge in [-0.3, -0.25) is 9.59 Å². The van der Waals surface area contributed by atoms with E-state index >= 15 is 0 Å². The van der Waals surface area contributed by atoms with E-state index in [0.717, 1.165) is 48.6 Å². The molecular formula is C32H23BrN2O3. The van der Waals surface area contributed by atoms with Crippen molar-refractivity contribution in [3.63, 3.8) is 0 Å². The van der Waals surface area contributed by atoms with E-state index in [9.17, 15) is 9.59 Å². The molecule has 5 nitrogen and oxygen atoms in total. The van der Waals surface area contributed by atoms with Crippen LogP contribution in [0.1, 0.15) is 45.2 Å². The Balaban J connectivity index is 1.12. The molecule has 2 amide bonds. The van der Waals surface area contributed by atoms with Crippen molar-refractivity contribution in [1.82, 2.24) is 5.01 Å². The maximum absolute atomic E-state index is 13.6. The van der Waals surface area contributed by atoms with Crippen molar-refractivity contribution in [2.24, 2.45) is 16.9 Å². The summed E-state index contributed by atoms with van der Waals surface area (Å²) in [5.41, 5.74) is 6.48. The summed E-state index contributed by atoms with van der Waals surface area (Å²) in [6.07, 6.45) is 1.58. The van der Waals surface area contributed by atoms with Crippen molar-refractivity contribution in [3.05, 3.63) is 135 Å². The molecule has 4 aromatic carbocycles. The number of hydrogen-bond acceptors (Lipinski definition) is 4. The van der Waals surface area contributed by atoms with Crippen molar-refractivity contribution in [2.45, 2.75) is 18.4 Å². The van der Waals surface area contributed by atoms with Crippen LogP contribution in [-0.2, 0) is 16.2 Å². The normalized spacial score (nSPS) is 22.9. The summed E-state index contributed by atoms with van der Waals surface area (Å²) < 4.78 is 6.91. The van der Waals surface area contributed by atoms with Gasteiger partial charge < -0.3 is 4.74 Å². The van der Waals surface area contributed by atoms with Gasteiger partial charge in [0, 0.05) is 16.3 Å². The number of hydrogen-bond donors (Lipinski definition) is 0. The number of nitrogens with zero attached hydrogens (tertiary/aromatic N) is 2. The predicted molar refractivity (Wildman–Crippen MR) is 148 cm³/mol. The number of benzene rings is 4. The van der Waals surface area contributed by atoms with Crippen LogP contribution >= 0.6 is 15.9 Å². The van der Waals surface area contributed by atoms with Crippen molar-refractivity contribution < 1.29 is 14.3 Å². The highest BCUT2D eigenvalue weighted by Gasteiger charge is 2.61. The molecule has 4 aliphatic rings. The van der Waals surface area contributed by atoms with E-state index < -0.39 is 11.8 Å². The van der Waals surface area contributed by atoms with Gasteiger partial charge in [-0.25, -0.2) is 0 Å². The molecule has 6 heteroatoms. The molecule has 0 spiro atoms. The number of ether oxygens (including phenoxy) is 1. The minimum atomic E-state index is -0.427. The molecule has 38 heavy (non-hydrogen) atoms. The largest absolute Gasteiger partial charge is 0.489 e. The third-order valence-corrected chi connectivity index (χ3v) is 8.48. The van der Waals surface area contributed by atoms with Crippen LogP contribution in [0.4, 0.5) is 0 Å². The van der Waals surface area contributed by atoms with Gasteiger partial charge >= 0.3 is 0 Å². The SMILES string of the molecule is O=C1[C@@H]2C3c4ccccc4C(c4ccccc43)[C@H]2C(=O)N1/N=C\c1ccc(OCc2ccc(Br)cc2)cc1. The van der Waals surface area contributed by atoms with Crippen molar-refractivity contribution in [2.75, 3.05) is 0 Å². The number of rotatable bonds is 5. The zero-order valence-electron chi connectivity index (χ0n) is 20.3. The molecule has 0 N–H and O–H groups in total. The predicted octanol–water partition coefficient (Wildman–Crippen LogP) is 6.25. The monoisotopic (exact) mass is 562 g/mol. The molecule has 1 fully saturated rings. The smallest absolute Gasteiger partial charge is 0.254 e. The topological polar surface area (TPSA) is 59.0 Å². The van der Waals surface area contributed by atoms with Gasteiger partial charge in [-0.15, -0.1) is 0 Å². The molecule has 8 rings (SSSR count). The summed E-state index contributed by atoms with van der Waals surface area (Å²) in [6.45, 7) is 0.466. The van der Waals surface area contributed by atoms with Crippen molar-refractivity contribution in [3.8, 4) is 5.75 Å². The third-order valence-electron chi connectivity index (χ3n) is 7.95. The Bertz CT molecular complexity index is 1480. The fourth-order valence-corrected chi connectivity index (χ4v) is 6.56. The van der Waals surface area contributed by atoms with Gasteiger partial charge in [0.1, 0.15) is 12.4 Å². The zero-order valence-corrected chi connectivity index (χ0v) is 21.9. The molecule has 0 unspecified atom stereocenters. The first kappa shape index (κ1) is 23.1. The van der Waals surface area contributed by atoms with E-state index in [1.54, 1.807) is 6.21 Å². The van der Waals surface area contributed by atoms with Crippen LogP contribution in [-0.4, -0.2) is 23.0 Å². The number of imide groups is 1. The molecule has 2 bridgehead atoms. The highest BCUT2D eigenvalue weighted by atomic mass is 79.9. The Morgan fingerprint density at radius 1 is 0.711 bits per heavy atom. The molecule has 4 aromatic rings. The average Bonchev–Trinajstić information content (AvgIpc) is 3.21. The highest BCUT2D eigenvalue weighted by Crippen LogP contribution is 2.60. The first-order chi connectivity index (χ1) is 18.6. The standard InChI is InChI=1S/C32H23BrN2O3/c33-21-13-9-20(10-14-21)18-38-22-15-11-19(12-16-22)17-34-35-31(36)29-27-23-5-1-2-6-24(23)28(30(29)32(35)37)26-8-4-3-7-25(26)27/h1-17,27-30H,18H2/b34-17-/t27?,28?,29-,30-/m1/s1. The molecular weight excluding hydrogens is 540 g/mol. The summed E-state index contributed by atoms with van der Waals surface area (Å²) in [5, 5.41) is 5.50. The van der Waals surface area contributed by atoms with E-state index in [1.165, 1.54) is 0 Å². The zero-order chi connectivity index (χ0) is 25.8. The van der Waals surface area contributed by atoms with E-state index in [2.05, 4.69) is 45.3 Å². The number of hydrazone groups is 1. The van der Waals surface area contributed by atoms with Gasteiger partial charge in [-0.05, 0) is 69.8 Å². The minimum absolute atomic E-state index is 0.129. The first-order valence-electron chi connectivity index (χ1n) is 12.7. The quantitative estimate of drug-likeness (QED) is 0.213. The summed E-state index contributed by atoms with van der Waals surface area (Å²) in [5.74, 6) is -0.814. The van der Waals surface area contributed by atoms with Gasteiger partial charge in [-0.1, -0.05) is 76.6 Å². The van der Waals surface area contributed by atoms with Gasteiger partial charge in [0.05, 0.1) is 18.1 Å². The van der Waals surface area contributed by atoms with Gasteiger partial charge in [0.2, 0.25) is 0 Å². The Hall–Kier alpha value is -4.03. The molecule has 0 radical (unpaired) electrons. The van der Waals surface area contributed by atoms with Crippen LogP contribution in [0, 0.1) is 11.8 Å². The van der Waals surface area contributed by atoms with Crippen molar-refractivity contribution >= 4 is 34.0 Å². The van der Waals surface area contributed by atoms with Crippen LogP contribution in [0.25, 0.3) is 0 Å². The third kappa shape index (κ3) is 3.63. The number of halogens is 1. The second-order valence-electron chi connectivity index (χ2n) is 9.98. The summed E-state index contributed by atoms with van der Waals surface area (Å²) in [6, 6.07) is 31.9. The van der Waals surface area contributed by atoms with E-state index in [1.807, 2.05) is 72.8 Å². The van der Waals surface area contributed by atoms with E-state index in [4.69, 9.17) is 4.74 Å². The molecule has 1 heterocycles. The molecule has 186 valence electrons.